The minimum Gasteiger partial charge on any atom is -0.330 e. The van der Waals surface area contributed by atoms with Crippen molar-refractivity contribution in [2.45, 2.75) is 32.2 Å². The summed E-state index contributed by atoms with van der Waals surface area (Å²) in [7, 11) is 0. The number of aryl methyl sites for hydroxylation is 2. The number of nitrogens with one attached hydrogen (secondary N) is 1. The van der Waals surface area contributed by atoms with Gasteiger partial charge in [-0.25, -0.2) is 0 Å². The van der Waals surface area contributed by atoms with E-state index in [1.807, 2.05) is 0 Å². The molecule has 0 fully saturated rings. The van der Waals surface area contributed by atoms with E-state index in [1.54, 1.807) is 4.68 Å². The molecule has 1 aromatic heterocycles. The highest BCUT2D eigenvalue weighted by Gasteiger charge is 2.18. The summed E-state index contributed by atoms with van der Waals surface area (Å²) in [5.41, 5.74) is 7.69. The number of fused-ring (bicyclic) bond motifs is 1. The molecule has 1 aliphatic carbocycles. The van der Waals surface area contributed by atoms with Crippen LogP contribution in [0.2, 0.25) is 0 Å². The smallest absolute Gasteiger partial charge is 0.269 e. The zero-order valence-corrected chi connectivity index (χ0v) is 7.68. The van der Waals surface area contributed by atoms with Crippen LogP contribution >= 0.6 is 0 Å². The van der Waals surface area contributed by atoms with Crippen molar-refractivity contribution in [3.8, 4) is 0 Å². The van der Waals surface area contributed by atoms with Crippen molar-refractivity contribution in [3.63, 3.8) is 0 Å². The summed E-state index contributed by atoms with van der Waals surface area (Å²) < 4.78 is 1.69. The monoisotopic (exact) mass is 181 g/mol. The van der Waals surface area contributed by atoms with E-state index >= 15 is 0 Å². The quantitative estimate of drug-likeness (QED) is 0.690. The average Bonchev–Trinajstić information content (AvgIpc) is 2.67. The molecule has 13 heavy (non-hydrogen) atoms. The first-order valence-corrected chi connectivity index (χ1v) is 4.83. The van der Waals surface area contributed by atoms with Gasteiger partial charge in [-0.3, -0.25) is 14.6 Å². The molecule has 0 bridgehead atoms. The topological polar surface area (TPSA) is 63.8 Å². The van der Waals surface area contributed by atoms with Crippen LogP contribution in [0.3, 0.4) is 0 Å². The number of H-pyrrole nitrogens is 1. The van der Waals surface area contributed by atoms with Crippen LogP contribution in [0.15, 0.2) is 4.79 Å². The van der Waals surface area contributed by atoms with Gasteiger partial charge in [0.05, 0.1) is 0 Å². The lowest BCUT2D eigenvalue weighted by molar-refractivity contribution is 0.558. The van der Waals surface area contributed by atoms with Crippen LogP contribution < -0.4 is 11.3 Å². The van der Waals surface area contributed by atoms with Gasteiger partial charge in [0.2, 0.25) is 0 Å². The molecule has 0 aliphatic heterocycles. The SMILES string of the molecule is NCCCn1[nH]c2c(c1=O)CCC2. The molecule has 0 spiro atoms. The molecule has 0 radical (unpaired) electrons. The molecule has 72 valence electrons. The highest BCUT2D eigenvalue weighted by Crippen LogP contribution is 2.15. The van der Waals surface area contributed by atoms with Crippen molar-refractivity contribution < 1.29 is 0 Å². The minimum atomic E-state index is 0.168. The third kappa shape index (κ3) is 1.42. The highest BCUT2D eigenvalue weighted by atomic mass is 16.1. The zero-order valence-electron chi connectivity index (χ0n) is 7.68. The Labute approximate surface area is 76.7 Å². The predicted molar refractivity (Wildman–Crippen MR) is 50.7 cm³/mol. The number of rotatable bonds is 3. The van der Waals surface area contributed by atoms with Gasteiger partial charge in [-0.15, -0.1) is 0 Å². The van der Waals surface area contributed by atoms with Gasteiger partial charge < -0.3 is 5.73 Å². The fourth-order valence-electron chi connectivity index (χ4n) is 1.89. The van der Waals surface area contributed by atoms with Crippen LogP contribution in [-0.4, -0.2) is 16.3 Å². The summed E-state index contributed by atoms with van der Waals surface area (Å²) in [4.78, 5) is 11.7. The van der Waals surface area contributed by atoms with Crippen LogP contribution in [0.25, 0.3) is 0 Å². The Hall–Kier alpha value is -1.03. The van der Waals surface area contributed by atoms with E-state index in [4.69, 9.17) is 5.73 Å². The molecule has 2 rings (SSSR count). The molecule has 4 nitrogen and oxygen atoms in total. The van der Waals surface area contributed by atoms with E-state index in [9.17, 15) is 4.79 Å². The summed E-state index contributed by atoms with van der Waals surface area (Å²) >= 11 is 0. The van der Waals surface area contributed by atoms with Crippen LogP contribution in [0.4, 0.5) is 0 Å². The normalized spacial score (nSPS) is 14.8. The van der Waals surface area contributed by atoms with Gasteiger partial charge in [-0.2, -0.15) is 0 Å². The van der Waals surface area contributed by atoms with E-state index in [0.29, 0.717) is 6.54 Å². The zero-order chi connectivity index (χ0) is 9.26. The van der Waals surface area contributed by atoms with Crippen LogP contribution in [0.1, 0.15) is 24.1 Å². The average molecular weight is 181 g/mol. The maximum atomic E-state index is 11.7. The second-order valence-electron chi connectivity index (χ2n) is 3.52. The Bertz CT molecular complexity index is 350. The molecule has 0 atom stereocenters. The van der Waals surface area contributed by atoms with E-state index < -0.39 is 0 Å². The number of hydrogen-bond donors (Lipinski definition) is 2. The van der Waals surface area contributed by atoms with Crippen molar-refractivity contribution in [1.29, 1.82) is 0 Å². The first kappa shape index (κ1) is 8.56. The van der Waals surface area contributed by atoms with Gasteiger partial charge in [0, 0.05) is 17.8 Å². The van der Waals surface area contributed by atoms with Gasteiger partial charge >= 0.3 is 0 Å². The van der Waals surface area contributed by atoms with Crippen molar-refractivity contribution >= 4 is 0 Å². The summed E-state index contributed by atoms with van der Waals surface area (Å²) in [6, 6.07) is 0. The van der Waals surface area contributed by atoms with E-state index in [-0.39, 0.29) is 5.56 Å². The molecule has 0 saturated heterocycles. The number of nitrogens with zero attached hydrogens (tertiary/aromatic N) is 1. The number of hydrogen-bond acceptors (Lipinski definition) is 2. The Morgan fingerprint density at radius 3 is 3.00 bits per heavy atom. The van der Waals surface area contributed by atoms with Crippen molar-refractivity contribution in [2.24, 2.45) is 5.73 Å². The van der Waals surface area contributed by atoms with Crippen LogP contribution in [0.5, 0.6) is 0 Å². The fraction of sp³-hybridized carbons (Fsp3) is 0.667. The predicted octanol–water partition coefficient (Wildman–Crippen LogP) is 0.0139. The van der Waals surface area contributed by atoms with Gasteiger partial charge in [-0.05, 0) is 32.2 Å². The van der Waals surface area contributed by atoms with Gasteiger partial charge in [-0.1, -0.05) is 0 Å². The van der Waals surface area contributed by atoms with E-state index in [0.717, 1.165) is 43.5 Å². The molecule has 1 aliphatic rings. The Balaban J connectivity index is 2.24. The second kappa shape index (κ2) is 3.38. The maximum absolute atomic E-state index is 11.7. The van der Waals surface area contributed by atoms with Gasteiger partial charge in [0.25, 0.3) is 5.56 Å². The molecular weight excluding hydrogens is 166 g/mol. The third-order valence-corrected chi connectivity index (χ3v) is 2.58. The highest BCUT2D eigenvalue weighted by molar-refractivity contribution is 5.22. The van der Waals surface area contributed by atoms with E-state index in [1.165, 1.54) is 0 Å². The Morgan fingerprint density at radius 2 is 2.31 bits per heavy atom. The summed E-state index contributed by atoms with van der Waals surface area (Å²) in [6.07, 6.45) is 3.95. The van der Waals surface area contributed by atoms with Crippen molar-refractivity contribution in [1.82, 2.24) is 9.78 Å². The number of aromatic amines is 1. The Kier molecular flexibility index (Phi) is 2.22. The molecule has 0 amide bonds. The van der Waals surface area contributed by atoms with Gasteiger partial charge in [0.15, 0.2) is 0 Å². The minimum absolute atomic E-state index is 0.168. The molecular formula is C9H15N3O. The lowest BCUT2D eigenvalue weighted by atomic mass is 10.3. The standard InChI is InChI=1S/C9H15N3O/c10-5-2-6-12-9(13)7-3-1-4-8(7)11-12/h11H,1-6,10H2. The second-order valence-corrected chi connectivity index (χ2v) is 3.52. The third-order valence-electron chi connectivity index (χ3n) is 2.58. The number of nitrogens with two attached hydrogens (primary N) is 1. The molecule has 1 aromatic rings. The summed E-state index contributed by atoms with van der Waals surface area (Å²) in [5, 5.41) is 3.15. The Morgan fingerprint density at radius 1 is 1.46 bits per heavy atom. The van der Waals surface area contributed by atoms with Crippen LogP contribution in [0, 0.1) is 0 Å². The molecule has 0 saturated carbocycles. The number of aromatic nitrogens is 2. The van der Waals surface area contributed by atoms with E-state index in [2.05, 4.69) is 5.10 Å². The lowest BCUT2D eigenvalue weighted by Crippen LogP contribution is -2.20. The first-order valence-electron chi connectivity index (χ1n) is 4.83. The summed E-state index contributed by atoms with van der Waals surface area (Å²) in [5.74, 6) is 0. The molecule has 0 unspecified atom stereocenters. The fourth-order valence-corrected chi connectivity index (χ4v) is 1.89. The molecule has 3 N–H and O–H groups in total. The summed E-state index contributed by atoms with van der Waals surface area (Å²) in [6.45, 7) is 1.36. The molecule has 1 heterocycles. The molecule has 0 aromatic carbocycles. The largest absolute Gasteiger partial charge is 0.330 e. The molecule has 4 heteroatoms. The van der Waals surface area contributed by atoms with Crippen molar-refractivity contribution in [2.75, 3.05) is 6.54 Å². The van der Waals surface area contributed by atoms with Crippen LogP contribution in [-0.2, 0) is 19.4 Å². The van der Waals surface area contributed by atoms with Gasteiger partial charge in [0.1, 0.15) is 0 Å². The maximum Gasteiger partial charge on any atom is 0.269 e. The van der Waals surface area contributed by atoms with Crippen molar-refractivity contribution in [3.05, 3.63) is 21.6 Å². The lowest BCUT2D eigenvalue weighted by Gasteiger charge is -1.99. The first-order chi connectivity index (χ1) is 6.33.